The van der Waals surface area contributed by atoms with Crippen molar-refractivity contribution in [3.8, 4) is 0 Å². The van der Waals surface area contributed by atoms with Crippen LogP contribution in [0.15, 0.2) is 0 Å². The van der Waals surface area contributed by atoms with E-state index in [9.17, 15) is 9.90 Å². The molecule has 0 rings (SSSR count). The van der Waals surface area contributed by atoms with Crippen LogP contribution in [0.2, 0.25) is 0 Å². The van der Waals surface area contributed by atoms with Crippen LogP contribution in [0.3, 0.4) is 0 Å². The molecule has 0 aliphatic carbocycles. The zero-order chi connectivity index (χ0) is 10.6. The van der Waals surface area contributed by atoms with Gasteiger partial charge in [-0.25, -0.2) is 0 Å². The molecule has 16 heavy (non-hydrogen) atoms. The van der Waals surface area contributed by atoms with Crippen LogP contribution in [0.5, 0.6) is 0 Å². The first kappa shape index (κ1) is 21.4. The fourth-order valence-corrected chi connectivity index (χ4v) is 1.58. The number of carboxylic acid groups (broad SMARTS) is 1. The third-order valence-electron chi connectivity index (χ3n) is 2.48. The van der Waals surface area contributed by atoms with Crippen LogP contribution in [0.1, 0.15) is 71.1 Å². The molecule has 0 atom stereocenters. The standard InChI is InChI=1S/C12H24O2.O.Ti/c1-2-3-4-5-6-7-8-9-10-11-12(13)14;;/h2-11H2,1H3,(H,13,14);;/q;-2;+3/p-1. The number of unbranched alkanes of at least 4 members (excludes halogenated alkanes) is 8. The molecule has 3 nitrogen and oxygen atoms in total. The molecule has 0 saturated carbocycles. The number of rotatable bonds is 10. The van der Waals surface area contributed by atoms with Crippen molar-refractivity contribution in [1.82, 2.24) is 0 Å². The average Bonchev–Trinajstić information content (AvgIpc) is 2.15. The first-order valence-electron chi connectivity index (χ1n) is 5.97. The maximum atomic E-state index is 10.1. The molecule has 93 valence electrons. The third-order valence-corrected chi connectivity index (χ3v) is 2.48. The fraction of sp³-hybridized carbons (Fsp3) is 0.917. The molecule has 0 spiro atoms. The van der Waals surface area contributed by atoms with Crippen LogP contribution in [0.25, 0.3) is 0 Å². The van der Waals surface area contributed by atoms with Crippen LogP contribution in [0.4, 0.5) is 0 Å². The van der Waals surface area contributed by atoms with Gasteiger partial charge in [-0.15, -0.1) is 0 Å². The Balaban J connectivity index is -0.000000845. The second-order valence-corrected chi connectivity index (χ2v) is 3.95. The van der Waals surface area contributed by atoms with Crippen LogP contribution < -0.4 is 5.11 Å². The van der Waals surface area contributed by atoms with E-state index < -0.39 is 5.97 Å². The van der Waals surface area contributed by atoms with Gasteiger partial charge in [-0.2, -0.15) is 0 Å². The van der Waals surface area contributed by atoms with E-state index in [0.717, 1.165) is 12.8 Å². The minimum absolute atomic E-state index is 0. The summed E-state index contributed by atoms with van der Waals surface area (Å²) in [6.07, 6.45) is 11.2. The second-order valence-electron chi connectivity index (χ2n) is 3.95. The van der Waals surface area contributed by atoms with E-state index in [4.69, 9.17) is 0 Å². The quantitative estimate of drug-likeness (QED) is 0.449. The van der Waals surface area contributed by atoms with Crippen molar-refractivity contribution in [2.45, 2.75) is 71.1 Å². The summed E-state index contributed by atoms with van der Waals surface area (Å²) >= 11 is 0. The van der Waals surface area contributed by atoms with E-state index in [1.165, 1.54) is 44.9 Å². The van der Waals surface area contributed by atoms with Gasteiger partial charge in [0.2, 0.25) is 0 Å². The predicted molar refractivity (Wildman–Crippen MR) is 57.5 cm³/mol. The van der Waals surface area contributed by atoms with E-state index in [0.29, 0.717) is 0 Å². The molecule has 0 fully saturated rings. The molecule has 0 aromatic rings. The number of aliphatic carboxylic acids is 1. The fourth-order valence-electron chi connectivity index (χ4n) is 1.58. The van der Waals surface area contributed by atoms with Gasteiger partial charge in [0.15, 0.2) is 0 Å². The van der Waals surface area contributed by atoms with E-state index in [1.807, 2.05) is 0 Å². The smallest absolute Gasteiger partial charge is 2.00 e. The molecule has 0 N–H and O–H groups in total. The molecule has 0 heterocycles. The van der Waals surface area contributed by atoms with Crippen molar-refractivity contribution >= 4 is 5.97 Å². The summed E-state index contributed by atoms with van der Waals surface area (Å²) in [5, 5.41) is 10.1. The van der Waals surface area contributed by atoms with Crippen molar-refractivity contribution in [3.63, 3.8) is 0 Å². The summed E-state index contributed by atoms with van der Waals surface area (Å²) in [5.41, 5.74) is 0. The molecule has 0 saturated heterocycles. The van der Waals surface area contributed by atoms with Crippen LogP contribution in [-0.2, 0) is 32.0 Å². The summed E-state index contributed by atoms with van der Waals surface area (Å²) in [6, 6.07) is 0. The zero-order valence-electron chi connectivity index (χ0n) is 10.3. The van der Waals surface area contributed by atoms with Crippen LogP contribution in [-0.4, -0.2) is 5.97 Å². The number of carboxylic acids is 1. The van der Waals surface area contributed by atoms with Gasteiger partial charge < -0.3 is 15.4 Å². The van der Waals surface area contributed by atoms with Crippen LogP contribution >= 0.6 is 0 Å². The minimum atomic E-state index is -0.909. The number of carbonyl (C=O) groups is 1. The molecule has 0 aliphatic heterocycles. The monoisotopic (exact) mass is 263 g/mol. The number of carbonyl (C=O) groups excluding carboxylic acids is 1. The Bertz CT molecular complexity index is 140. The average molecular weight is 263 g/mol. The van der Waals surface area contributed by atoms with Crippen molar-refractivity contribution in [3.05, 3.63) is 0 Å². The van der Waals surface area contributed by atoms with Gasteiger partial charge in [0.05, 0.1) is 0 Å². The zero-order valence-corrected chi connectivity index (χ0v) is 11.9. The normalized spacial score (nSPS) is 9.06. The largest absolute Gasteiger partial charge is 3.00 e. The Morgan fingerprint density at radius 1 is 0.875 bits per heavy atom. The summed E-state index contributed by atoms with van der Waals surface area (Å²) < 4.78 is 0. The number of hydrogen-bond acceptors (Lipinski definition) is 2. The summed E-state index contributed by atoms with van der Waals surface area (Å²) in [5.74, 6) is -0.909. The van der Waals surface area contributed by atoms with Crippen molar-refractivity contribution in [1.29, 1.82) is 0 Å². The van der Waals surface area contributed by atoms with Crippen molar-refractivity contribution in [2.75, 3.05) is 0 Å². The SMILES string of the molecule is CCCCCCCCCCCC(=O)[O-].[O-2].[Ti+3]. The van der Waals surface area contributed by atoms with E-state index in [-0.39, 0.29) is 33.6 Å². The van der Waals surface area contributed by atoms with E-state index in [1.54, 1.807) is 0 Å². The summed E-state index contributed by atoms with van der Waals surface area (Å²) in [6.45, 7) is 2.22. The minimum Gasteiger partial charge on any atom is -2.00 e. The predicted octanol–water partition coefficient (Wildman–Crippen LogP) is 2.54. The van der Waals surface area contributed by atoms with Crippen LogP contribution in [0, 0.1) is 0 Å². The Morgan fingerprint density at radius 2 is 1.25 bits per heavy atom. The topological polar surface area (TPSA) is 68.6 Å². The molecule has 0 aromatic heterocycles. The van der Waals surface area contributed by atoms with E-state index >= 15 is 0 Å². The van der Waals surface area contributed by atoms with E-state index in [2.05, 4.69) is 6.92 Å². The second kappa shape index (κ2) is 17.5. The van der Waals surface area contributed by atoms with Crippen molar-refractivity contribution < 1.29 is 37.1 Å². The molecular formula is C12H23O3Ti. The van der Waals surface area contributed by atoms with Crippen molar-refractivity contribution in [2.24, 2.45) is 0 Å². The molecule has 0 aromatic carbocycles. The Hall–Kier alpha value is 0.144. The first-order chi connectivity index (χ1) is 6.77. The number of hydrogen-bond donors (Lipinski definition) is 0. The Morgan fingerprint density at radius 3 is 1.62 bits per heavy atom. The Labute approximate surface area is 114 Å². The maximum Gasteiger partial charge on any atom is 3.00 e. The van der Waals surface area contributed by atoms with Gasteiger partial charge in [0.25, 0.3) is 0 Å². The van der Waals surface area contributed by atoms with Gasteiger partial charge in [-0.05, 0) is 12.8 Å². The first-order valence-corrected chi connectivity index (χ1v) is 5.97. The van der Waals surface area contributed by atoms with Gasteiger partial charge in [-0.3, -0.25) is 0 Å². The summed E-state index contributed by atoms with van der Waals surface area (Å²) in [7, 11) is 0. The third kappa shape index (κ3) is 19.7. The molecular weight excluding hydrogens is 240 g/mol. The molecule has 0 bridgehead atoms. The molecule has 0 unspecified atom stereocenters. The van der Waals surface area contributed by atoms with Gasteiger partial charge in [-0.1, -0.05) is 58.3 Å². The van der Waals surface area contributed by atoms with Gasteiger partial charge >= 0.3 is 21.7 Å². The molecule has 4 heteroatoms. The van der Waals surface area contributed by atoms with Gasteiger partial charge in [0, 0.05) is 5.97 Å². The molecule has 0 amide bonds. The maximum absolute atomic E-state index is 10.1. The Kier molecular flexibility index (Phi) is 23.5. The molecule has 1 radical (unpaired) electrons. The molecule has 0 aliphatic rings. The van der Waals surface area contributed by atoms with Gasteiger partial charge in [0.1, 0.15) is 0 Å². The summed E-state index contributed by atoms with van der Waals surface area (Å²) in [4.78, 5) is 10.1.